The number of rotatable bonds is 5. The fourth-order valence-corrected chi connectivity index (χ4v) is 4.73. The van der Waals surface area contributed by atoms with E-state index in [1.807, 2.05) is 13.1 Å². The third-order valence-corrected chi connectivity index (χ3v) is 6.56. The summed E-state index contributed by atoms with van der Waals surface area (Å²) in [5.41, 5.74) is 4.31. The van der Waals surface area contributed by atoms with Crippen LogP contribution in [0.2, 0.25) is 0 Å². The van der Waals surface area contributed by atoms with Crippen LogP contribution in [0.1, 0.15) is 36.1 Å². The summed E-state index contributed by atoms with van der Waals surface area (Å²) in [5.74, 6) is 1.86. The highest BCUT2D eigenvalue weighted by Crippen LogP contribution is 2.34. The summed E-state index contributed by atoms with van der Waals surface area (Å²) in [6.07, 6.45) is 5.02. The maximum atomic E-state index is 12.0. The van der Waals surface area contributed by atoms with E-state index in [-0.39, 0.29) is 5.91 Å². The second kappa shape index (κ2) is 7.64. The quantitative estimate of drug-likeness (QED) is 0.656. The maximum absolute atomic E-state index is 12.0. The highest BCUT2D eigenvalue weighted by Gasteiger charge is 2.26. The smallest absolute Gasteiger partial charge is 0.231 e. The van der Waals surface area contributed by atoms with Crippen LogP contribution < -0.4 is 4.90 Å². The van der Waals surface area contributed by atoms with Crippen molar-refractivity contribution in [3.63, 3.8) is 0 Å². The number of likely N-dealkylation sites (tertiary alicyclic amines) is 1. The molecule has 5 rings (SSSR count). The summed E-state index contributed by atoms with van der Waals surface area (Å²) in [6.45, 7) is 3.38. The number of piperidine rings is 1. The number of likely N-dealkylation sites (N-methyl/N-ethyl adjacent to an activating group) is 1. The Labute approximate surface area is 171 Å². The van der Waals surface area contributed by atoms with Gasteiger partial charge in [0, 0.05) is 31.1 Å². The number of aryl methyl sites for hydroxylation is 1. The van der Waals surface area contributed by atoms with Crippen LogP contribution in [-0.2, 0) is 24.2 Å². The Kier molecular flexibility index (Phi) is 4.84. The molecule has 0 saturated carbocycles. The fraction of sp³-hybridized carbons (Fsp3) is 0.417. The van der Waals surface area contributed by atoms with Gasteiger partial charge < -0.3 is 9.42 Å². The number of hydrogen-bond donors (Lipinski definition) is 0. The van der Waals surface area contributed by atoms with Crippen molar-refractivity contribution in [2.75, 3.05) is 25.0 Å². The fourth-order valence-electron chi connectivity index (χ4n) is 4.73. The molecule has 29 heavy (non-hydrogen) atoms. The number of anilines is 1. The molecule has 150 valence electrons. The third kappa shape index (κ3) is 3.67. The number of amides is 1. The van der Waals surface area contributed by atoms with Crippen molar-refractivity contribution in [2.24, 2.45) is 5.92 Å². The molecule has 0 bridgehead atoms. The zero-order chi connectivity index (χ0) is 19.8. The molecule has 2 aliphatic heterocycles. The monoisotopic (exact) mass is 389 g/mol. The van der Waals surface area contributed by atoms with Gasteiger partial charge in [-0.05, 0) is 61.5 Å². The van der Waals surface area contributed by atoms with E-state index in [2.05, 4.69) is 46.5 Å². The molecule has 1 saturated heterocycles. The van der Waals surface area contributed by atoms with E-state index in [9.17, 15) is 4.79 Å². The largest absolute Gasteiger partial charge is 0.360 e. The van der Waals surface area contributed by atoms with Crippen molar-refractivity contribution < 1.29 is 9.32 Å². The molecule has 0 spiro atoms. The van der Waals surface area contributed by atoms with Crippen molar-refractivity contribution in [1.82, 2.24) is 10.1 Å². The molecule has 0 aliphatic carbocycles. The normalized spacial score (nSPS) is 18.0. The topological polar surface area (TPSA) is 49.6 Å². The Morgan fingerprint density at radius 1 is 1.14 bits per heavy atom. The van der Waals surface area contributed by atoms with Crippen LogP contribution in [0, 0.1) is 5.92 Å². The third-order valence-electron chi connectivity index (χ3n) is 6.56. The van der Waals surface area contributed by atoms with Crippen LogP contribution in [-0.4, -0.2) is 36.1 Å². The highest BCUT2D eigenvalue weighted by molar-refractivity contribution is 6.03. The molecule has 0 unspecified atom stereocenters. The number of benzene rings is 2. The molecule has 1 fully saturated rings. The summed E-state index contributed by atoms with van der Waals surface area (Å²) in [4.78, 5) is 16.2. The van der Waals surface area contributed by atoms with Gasteiger partial charge in [-0.25, -0.2) is 0 Å². The van der Waals surface area contributed by atoms with E-state index in [0.29, 0.717) is 6.42 Å². The van der Waals surface area contributed by atoms with Gasteiger partial charge in [0.2, 0.25) is 5.91 Å². The molecule has 5 nitrogen and oxygen atoms in total. The molecule has 0 N–H and O–H groups in total. The van der Waals surface area contributed by atoms with Gasteiger partial charge in [0.1, 0.15) is 11.3 Å². The van der Waals surface area contributed by atoms with Crippen LogP contribution in [0.15, 0.2) is 47.0 Å². The summed E-state index contributed by atoms with van der Waals surface area (Å²) in [6, 6.07) is 14.8. The van der Waals surface area contributed by atoms with Gasteiger partial charge in [-0.1, -0.05) is 35.5 Å². The molecule has 2 aliphatic rings. The first-order valence-corrected chi connectivity index (χ1v) is 10.6. The molecule has 5 heteroatoms. The lowest BCUT2D eigenvalue weighted by Crippen LogP contribution is -2.33. The van der Waals surface area contributed by atoms with E-state index in [4.69, 9.17) is 4.52 Å². The number of aromatic nitrogens is 1. The predicted octanol–water partition coefficient (Wildman–Crippen LogP) is 4.19. The minimum Gasteiger partial charge on any atom is -0.360 e. The molecule has 1 aromatic heterocycles. The van der Waals surface area contributed by atoms with E-state index in [1.54, 1.807) is 4.90 Å². The minimum absolute atomic E-state index is 0.147. The lowest BCUT2D eigenvalue weighted by Gasteiger charge is -2.31. The Balaban J connectivity index is 1.19. The number of hydrogen-bond acceptors (Lipinski definition) is 4. The van der Waals surface area contributed by atoms with E-state index in [1.165, 1.54) is 31.5 Å². The van der Waals surface area contributed by atoms with E-state index in [0.717, 1.165) is 53.2 Å². The van der Waals surface area contributed by atoms with Gasteiger partial charge in [0.25, 0.3) is 0 Å². The Hall–Kier alpha value is -2.66. The first-order valence-electron chi connectivity index (χ1n) is 10.6. The van der Waals surface area contributed by atoms with Crippen LogP contribution in [0.3, 0.4) is 0 Å². The zero-order valence-electron chi connectivity index (χ0n) is 16.9. The van der Waals surface area contributed by atoms with E-state index >= 15 is 0 Å². The molecular weight excluding hydrogens is 362 g/mol. The summed E-state index contributed by atoms with van der Waals surface area (Å²) >= 11 is 0. The second-order valence-corrected chi connectivity index (χ2v) is 8.48. The molecule has 0 radical (unpaired) electrons. The Morgan fingerprint density at radius 2 is 1.93 bits per heavy atom. The van der Waals surface area contributed by atoms with Gasteiger partial charge in [0.05, 0.1) is 6.42 Å². The summed E-state index contributed by atoms with van der Waals surface area (Å²) in [7, 11) is 1.82. The lowest BCUT2D eigenvalue weighted by atomic mass is 9.91. The maximum Gasteiger partial charge on any atom is 0.231 e. The van der Waals surface area contributed by atoms with Crippen molar-refractivity contribution in [1.29, 1.82) is 0 Å². The van der Waals surface area contributed by atoms with Crippen LogP contribution in [0.5, 0.6) is 0 Å². The Bertz CT molecular complexity index is 1020. The molecule has 2 aromatic carbocycles. The highest BCUT2D eigenvalue weighted by atomic mass is 16.5. The van der Waals surface area contributed by atoms with Crippen LogP contribution in [0.4, 0.5) is 5.69 Å². The number of nitrogens with zero attached hydrogens (tertiary/aromatic N) is 3. The predicted molar refractivity (Wildman–Crippen MR) is 114 cm³/mol. The molecule has 1 amide bonds. The van der Waals surface area contributed by atoms with Crippen LogP contribution >= 0.6 is 0 Å². The first kappa shape index (κ1) is 18.4. The lowest BCUT2D eigenvalue weighted by molar-refractivity contribution is -0.117. The number of carbonyl (C=O) groups is 1. The molecule has 3 heterocycles. The van der Waals surface area contributed by atoms with Crippen molar-refractivity contribution in [3.05, 3.63) is 59.4 Å². The summed E-state index contributed by atoms with van der Waals surface area (Å²) in [5, 5.41) is 5.33. The van der Waals surface area contributed by atoms with Crippen molar-refractivity contribution in [2.45, 2.75) is 38.6 Å². The minimum atomic E-state index is 0.147. The zero-order valence-corrected chi connectivity index (χ0v) is 16.9. The second-order valence-electron chi connectivity index (χ2n) is 8.48. The van der Waals surface area contributed by atoms with Crippen LogP contribution in [0.25, 0.3) is 10.9 Å². The SMILES string of the molecule is CN1C(=O)Cc2cc3c(CCC4CCN(Cc5ccccc5)CC4)onc3cc21. The Morgan fingerprint density at radius 3 is 2.72 bits per heavy atom. The standard InChI is InChI=1S/C24H27N3O2/c1-26-22-15-21-20(13-19(22)14-24(26)28)23(29-25-21)8-7-17-9-11-27(12-10-17)16-18-5-3-2-4-6-18/h2-6,13,15,17H,7-12,14,16H2,1H3. The van der Waals surface area contributed by atoms with Gasteiger partial charge in [-0.2, -0.15) is 0 Å². The van der Waals surface area contributed by atoms with Crippen molar-refractivity contribution in [3.8, 4) is 0 Å². The average molecular weight is 389 g/mol. The number of fused-ring (bicyclic) bond motifs is 2. The molecule has 0 atom stereocenters. The number of carbonyl (C=O) groups excluding carboxylic acids is 1. The average Bonchev–Trinajstić information content (AvgIpc) is 3.27. The van der Waals surface area contributed by atoms with E-state index < -0.39 is 0 Å². The van der Waals surface area contributed by atoms with Gasteiger partial charge in [0.15, 0.2) is 0 Å². The van der Waals surface area contributed by atoms with Gasteiger partial charge in [-0.3, -0.25) is 9.69 Å². The molecular formula is C24H27N3O2. The first-order chi connectivity index (χ1) is 14.2. The summed E-state index contributed by atoms with van der Waals surface area (Å²) < 4.78 is 5.68. The van der Waals surface area contributed by atoms with Gasteiger partial charge >= 0.3 is 0 Å². The van der Waals surface area contributed by atoms with Crippen molar-refractivity contribution >= 4 is 22.5 Å². The van der Waals surface area contributed by atoms with Gasteiger partial charge in [-0.15, -0.1) is 0 Å². The molecule has 3 aromatic rings.